The van der Waals surface area contributed by atoms with E-state index in [1.165, 1.54) is 4.90 Å². The first kappa shape index (κ1) is 15.4. The minimum Gasteiger partial charge on any atom is -0.491 e. The third-order valence-corrected chi connectivity index (χ3v) is 2.94. The number of aliphatic imine (C=N–C) groups is 1. The number of halogens is 1. The summed E-state index contributed by atoms with van der Waals surface area (Å²) < 4.78 is 5.70. The van der Waals surface area contributed by atoms with Crippen LogP contribution in [0.4, 0.5) is 10.5 Å². The lowest BCUT2D eigenvalue weighted by atomic mass is 10.2. The van der Waals surface area contributed by atoms with Crippen LogP contribution in [-0.4, -0.2) is 30.4 Å². The second kappa shape index (κ2) is 7.13. The van der Waals surface area contributed by atoms with E-state index in [2.05, 4.69) is 24.2 Å². The Morgan fingerprint density at radius 3 is 3.00 bits per heavy atom. The van der Waals surface area contributed by atoms with Gasteiger partial charge in [0.2, 0.25) is 0 Å². The van der Waals surface area contributed by atoms with Crippen molar-refractivity contribution in [1.29, 1.82) is 0 Å². The fraction of sp³-hybridized carbons (Fsp3) is 0.333. The molecule has 1 aliphatic heterocycles. The number of hydrogen-bond acceptors (Lipinski definition) is 3. The summed E-state index contributed by atoms with van der Waals surface area (Å²) in [5.41, 5.74) is 0.552. The molecule has 1 aromatic rings. The standard InChI is InChI=1S/C15H18ClN3O2/c1-11(2)9-21-14-5-4-12(16)8-13(14)18-15(20)19-7-3-6-17-10-19/h3-8,11H,9-10H2,1-2H3,(H,18,20). The average molecular weight is 308 g/mol. The van der Waals surface area contributed by atoms with Gasteiger partial charge in [0.15, 0.2) is 0 Å². The van der Waals surface area contributed by atoms with Crippen LogP contribution >= 0.6 is 11.6 Å². The van der Waals surface area contributed by atoms with Crippen LogP contribution in [0.15, 0.2) is 35.5 Å². The zero-order chi connectivity index (χ0) is 15.2. The van der Waals surface area contributed by atoms with E-state index in [-0.39, 0.29) is 6.03 Å². The molecule has 1 heterocycles. The highest BCUT2D eigenvalue weighted by atomic mass is 35.5. The molecule has 21 heavy (non-hydrogen) atoms. The van der Waals surface area contributed by atoms with E-state index < -0.39 is 0 Å². The first-order valence-corrected chi connectivity index (χ1v) is 7.10. The summed E-state index contributed by atoms with van der Waals surface area (Å²) in [4.78, 5) is 17.6. The van der Waals surface area contributed by atoms with Gasteiger partial charge in [-0.1, -0.05) is 25.4 Å². The van der Waals surface area contributed by atoms with E-state index in [1.54, 1.807) is 36.7 Å². The van der Waals surface area contributed by atoms with Crippen molar-refractivity contribution in [1.82, 2.24) is 4.90 Å². The molecule has 0 aromatic heterocycles. The van der Waals surface area contributed by atoms with Crippen molar-refractivity contribution in [3.8, 4) is 5.75 Å². The molecule has 5 nitrogen and oxygen atoms in total. The number of nitrogens with zero attached hydrogens (tertiary/aromatic N) is 2. The summed E-state index contributed by atoms with van der Waals surface area (Å²) in [5.74, 6) is 0.995. The predicted octanol–water partition coefficient (Wildman–Crippen LogP) is 3.76. The number of rotatable bonds is 4. The second-order valence-corrected chi connectivity index (χ2v) is 5.50. The van der Waals surface area contributed by atoms with E-state index in [9.17, 15) is 4.79 Å². The van der Waals surface area contributed by atoms with Crippen molar-refractivity contribution in [2.24, 2.45) is 10.9 Å². The van der Waals surface area contributed by atoms with Gasteiger partial charge in [-0.3, -0.25) is 9.89 Å². The van der Waals surface area contributed by atoms with Crippen molar-refractivity contribution in [3.05, 3.63) is 35.5 Å². The summed E-state index contributed by atoms with van der Waals surface area (Å²) in [7, 11) is 0. The molecule has 0 unspecified atom stereocenters. The highest BCUT2D eigenvalue weighted by Gasteiger charge is 2.14. The molecule has 0 saturated heterocycles. The molecule has 0 radical (unpaired) electrons. The van der Waals surface area contributed by atoms with Gasteiger partial charge in [-0.05, 0) is 30.2 Å². The van der Waals surface area contributed by atoms with Gasteiger partial charge in [0.1, 0.15) is 12.4 Å². The van der Waals surface area contributed by atoms with Crippen molar-refractivity contribution in [3.63, 3.8) is 0 Å². The predicted molar refractivity (Wildman–Crippen MR) is 85.1 cm³/mol. The molecule has 0 spiro atoms. The maximum atomic E-state index is 12.2. The zero-order valence-corrected chi connectivity index (χ0v) is 12.8. The Morgan fingerprint density at radius 1 is 1.52 bits per heavy atom. The Bertz CT molecular complexity index is 570. The highest BCUT2D eigenvalue weighted by Crippen LogP contribution is 2.28. The molecule has 112 valence electrons. The van der Waals surface area contributed by atoms with Gasteiger partial charge in [-0.2, -0.15) is 0 Å². The monoisotopic (exact) mass is 307 g/mol. The van der Waals surface area contributed by atoms with E-state index in [0.717, 1.165) is 0 Å². The largest absolute Gasteiger partial charge is 0.491 e. The fourth-order valence-electron chi connectivity index (χ4n) is 1.69. The molecule has 1 aromatic carbocycles. The van der Waals surface area contributed by atoms with Crippen LogP contribution in [0.2, 0.25) is 5.02 Å². The number of carbonyl (C=O) groups excluding carboxylic acids is 1. The SMILES string of the molecule is CC(C)COc1ccc(Cl)cc1NC(=O)N1C=CC=NC1. The smallest absolute Gasteiger partial charge is 0.327 e. The van der Waals surface area contributed by atoms with Crippen LogP contribution in [0.3, 0.4) is 0 Å². The summed E-state index contributed by atoms with van der Waals surface area (Å²) in [5, 5.41) is 3.33. The van der Waals surface area contributed by atoms with Crippen LogP contribution in [-0.2, 0) is 0 Å². The summed E-state index contributed by atoms with van der Waals surface area (Å²) in [6, 6.07) is 4.88. The number of urea groups is 1. The van der Waals surface area contributed by atoms with Gasteiger partial charge in [0.05, 0.1) is 12.3 Å². The number of anilines is 1. The second-order valence-electron chi connectivity index (χ2n) is 5.06. The van der Waals surface area contributed by atoms with Crippen molar-refractivity contribution in [2.75, 3.05) is 18.6 Å². The normalized spacial score (nSPS) is 13.6. The van der Waals surface area contributed by atoms with Crippen LogP contribution < -0.4 is 10.1 Å². The number of amides is 2. The molecule has 0 fully saturated rings. The van der Waals surface area contributed by atoms with Crippen molar-refractivity contribution >= 4 is 29.5 Å². The highest BCUT2D eigenvalue weighted by molar-refractivity contribution is 6.31. The molecule has 0 bridgehead atoms. The van der Waals surface area contributed by atoms with E-state index in [1.807, 2.05) is 0 Å². The zero-order valence-electron chi connectivity index (χ0n) is 12.0. The summed E-state index contributed by atoms with van der Waals surface area (Å²) >= 11 is 5.99. The van der Waals surface area contributed by atoms with Crippen LogP contribution in [0.25, 0.3) is 0 Å². The maximum Gasteiger partial charge on any atom is 0.327 e. The molecule has 6 heteroatoms. The van der Waals surface area contributed by atoms with Crippen molar-refractivity contribution in [2.45, 2.75) is 13.8 Å². The van der Waals surface area contributed by atoms with Gasteiger partial charge in [-0.25, -0.2) is 4.79 Å². The van der Waals surface area contributed by atoms with Gasteiger partial charge in [-0.15, -0.1) is 0 Å². The molecule has 0 atom stereocenters. The number of ether oxygens (including phenoxy) is 1. The topological polar surface area (TPSA) is 53.9 Å². The fourth-order valence-corrected chi connectivity index (χ4v) is 1.86. The van der Waals surface area contributed by atoms with E-state index in [0.29, 0.717) is 35.7 Å². The first-order chi connectivity index (χ1) is 10.1. The third-order valence-electron chi connectivity index (χ3n) is 2.71. The molecule has 1 aliphatic rings. The lowest BCUT2D eigenvalue weighted by molar-refractivity contribution is 0.229. The Labute approximate surface area is 129 Å². The van der Waals surface area contributed by atoms with Gasteiger partial charge < -0.3 is 10.1 Å². The van der Waals surface area contributed by atoms with Gasteiger partial charge in [0.25, 0.3) is 0 Å². The number of hydrogen-bond donors (Lipinski definition) is 1. The lowest BCUT2D eigenvalue weighted by Gasteiger charge is -2.20. The van der Waals surface area contributed by atoms with Gasteiger partial charge in [0, 0.05) is 17.4 Å². The maximum absolute atomic E-state index is 12.2. The number of benzene rings is 1. The minimum atomic E-state index is -0.278. The van der Waals surface area contributed by atoms with Gasteiger partial charge >= 0.3 is 6.03 Å². The summed E-state index contributed by atoms with van der Waals surface area (Å²) in [6.45, 7) is 4.99. The molecule has 0 saturated carbocycles. The third kappa shape index (κ3) is 4.49. The molecule has 2 amide bonds. The Kier molecular flexibility index (Phi) is 5.22. The molecular formula is C15H18ClN3O2. The number of allylic oxidation sites excluding steroid dienone is 1. The Hall–Kier alpha value is -2.01. The van der Waals surface area contributed by atoms with Crippen LogP contribution in [0, 0.1) is 5.92 Å². The Morgan fingerprint density at radius 2 is 2.33 bits per heavy atom. The molecular weight excluding hydrogens is 290 g/mol. The summed E-state index contributed by atoms with van der Waals surface area (Å²) in [6.07, 6.45) is 5.03. The number of carbonyl (C=O) groups is 1. The lowest BCUT2D eigenvalue weighted by Crippen LogP contribution is -2.32. The number of nitrogens with one attached hydrogen (secondary N) is 1. The van der Waals surface area contributed by atoms with Crippen molar-refractivity contribution < 1.29 is 9.53 Å². The average Bonchev–Trinajstić information content (AvgIpc) is 2.47. The molecule has 1 N–H and O–H groups in total. The minimum absolute atomic E-state index is 0.278. The van der Waals surface area contributed by atoms with E-state index >= 15 is 0 Å². The molecule has 0 aliphatic carbocycles. The molecule has 2 rings (SSSR count). The van der Waals surface area contributed by atoms with E-state index in [4.69, 9.17) is 16.3 Å². The quantitative estimate of drug-likeness (QED) is 0.920. The van der Waals surface area contributed by atoms with Crippen LogP contribution in [0.1, 0.15) is 13.8 Å². The van der Waals surface area contributed by atoms with Crippen LogP contribution in [0.5, 0.6) is 5.75 Å². The Balaban J connectivity index is 2.10. The first-order valence-electron chi connectivity index (χ1n) is 6.73.